The third-order valence-electron chi connectivity index (χ3n) is 10.7. The number of nitrogens with zero attached hydrogens (tertiary/aromatic N) is 3. The van der Waals surface area contributed by atoms with Gasteiger partial charge in [0.1, 0.15) is 20.4 Å². The van der Waals surface area contributed by atoms with Crippen LogP contribution in [0.3, 0.4) is 0 Å². The molecule has 2 aromatic carbocycles. The number of aromatic nitrogens is 1. The van der Waals surface area contributed by atoms with Gasteiger partial charge in [-0.15, -0.1) is 23.1 Å². The molecule has 4 atom stereocenters. The number of anilines is 2. The summed E-state index contributed by atoms with van der Waals surface area (Å²) in [4.78, 5) is 55.8. The molecule has 0 radical (unpaired) electrons. The molecule has 2 N–H and O–H groups in total. The first-order valence-electron chi connectivity index (χ1n) is 17.4. The van der Waals surface area contributed by atoms with Crippen molar-refractivity contribution in [1.29, 1.82) is 0 Å². The zero-order valence-corrected chi connectivity index (χ0v) is 32.7. The average molecular weight is 766 g/mol. The maximum Gasteiger partial charge on any atom is 0.323 e. The van der Waals surface area contributed by atoms with Crippen LogP contribution in [-0.4, -0.2) is 59.2 Å². The molecule has 3 heterocycles. The Morgan fingerprint density at radius 3 is 2.37 bits per heavy atom. The molecule has 1 aliphatic carbocycles. The molecule has 4 unspecified atom stereocenters. The van der Waals surface area contributed by atoms with Gasteiger partial charge in [0.25, 0.3) is 11.5 Å². The van der Waals surface area contributed by atoms with Gasteiger partial charge in [0.15, 0.2) is 0 Å². The molecule has 3 aromatic rings. The molecule has 9 nitrogen and oxygen atoms in total. The van der Waals surface area contributed by atoms with Crippen LogP contribution in [0.4, 0.5) is 11.4 Å². The minimum Gasteiger partial charge on any atom is -0.481 e. The summed E-state index contributed by atoms with van der Waals surface area (Å²) in [5.41, 5.74) is 3.12. The number of benzene rings is 2. The van der Waals surface area contributed by atoms with E-state index in [0.29, 0.717) is 44.9 Å². The van der Waals surface area contributed by atoms with Gasteiger partial charge in [0.2, 0.25) is 0 Å². The van der Waals surface area contributed by atoms with Crippen molar-refractivity contribution in [3.8, 4) is 0 Å². The van der Waals surface area contributed by atoms with Crippen LogP contribution in [0.1, 0.15) is 90.2 Å². The van der Waals surface area contributed by atoms with E-state index in [1.54, 1.807) is 17.8 Å². The Bertz CT molecular complexity index is 2090. The number of amides is 1. The van der Waals surface area contributed by atoms with Crippen LogP contribution < -0.4 is 19.7 Å². The number of thioether (sulfide) groups is 2. The van der Waals surface area contributed by atoms with E-state index in [1.165, 1.54) is 15.0 Å². The molecule has 0 spiro atoms. The fourth-order valence-electron chi connectivity index (χ4n) is 7.59. The third-order valence-corrected chi connectivity index (χ3v) is 14.8. The number of carboxylic acids is 2. The summed E-state index contributed by atoms with van der Waals surface area (Å²) >= 11 is 9.35. The molecule has 1 saturated heterocycles. The van der Waals surface area contributed by atoms with Gasteiger partial charge < -0.3 is 15.1 Å². The van der Waals surface area contributed by atoms with Crippen LogP contribution in [0, 0.1) is 5.41 Å². The predicted molar refractivity (Wildman–Crippen MR) is 211 cm³/mol. The van der Waals surface area contributed by atoms with Crippen molar-refractivity contribution in [3.63, 3.8) is 0 Å². The van der Waals surface area contributed by atoms with E-state index in [4.69, 9.17) is 12.2 Å². The Kier molecular flexibility index (Phi) is 10.7. The van der Waals surface area contributed by atoms with E-state index in [-0.39, 0.29) is 15.6 Å². The monoisotopic (exact) mass is 765 g/mol. The summed E-state index contributed by atoms with van der Waals surface area (Å²) < 4.78 is 2.01. The molecule has 13 heteroatoms. The molecule has 270 valence electrons. The lowest BCUT2D eigenvalue weighted by Crippen LogP contribution is -2.35. The molecule has 1 aromatic heterocycles. The summed E-state index contributed by atoms with van der Waals surface area (Å²) in [5.74, 6) is -1.88. The molecular weight excluding hydrogens is 723 g/mol. The van der Waals surface area contributed by atoms with Crippen LogP contribution in [0.2, 0.25) is 0 Å². The van der Waals surface area contributed by atoms with Gasteiger partial charge in [-0.1, -0.05) is 57.2 Å². The summed E-state index contributed by atoms with van der Waals surface area (Å²) in [6, 6.07) is 15.2. The second-order valence-electron chi connectivity index (χ2n) is 14.0. The van der Waals surface area contributed by atoms with Gasteiger partial charge in [-0.25, -0.2) is 0 Å². The van der Waals surface area contributed by atoms with Gasteiger partial charge in [-0.05, 0) is 99.6 Å². The summed E-state index contributed by atoms with van der Waals surface area (Å²) in [6.07, 6.45) is 7.08. The van der Waals surface area contributed by atoms with E-state index in [9.17, 15) is 29.4 Å². The van der Waals surface area contributed by atoms with Crippen LogP contribution in [0.25, 0.3) is 11.0 Å². The molecule has 1 amide bonds. The first-order chi connectivity index (χ1) is 24.2. The summed E-state index contributed by atoms with van der Waals surface area (Å²) in [7, 11) is 0. The van der Waals surface area contributed by atoms with Gasteiger partial charge in [0, 0.05) is 39.5 Å². The van der Waals surface area contributed by atoms with Crippen LogP contribution in [0.5, 0.6) is 0 Å². The van der Waals surface area contributed by atoms with Crippen molar-refractivity contribution in [2.45, 2.75) is 101 Å². The van der Waals surface area contributed by atoms with E-state index in [0.717, 1.165) is 70.6 Å². The van der Waals surface area contributed by atoms with E-state index in [2.05, 4.69) is 55.1 Å². The molecule has 6 rings (SSSR count). The zero-order valence-electron chi connectivity index (χ0n) is 29.4. The Labute approximate surface area is 315 Å². The Balaban J connectivity index is 1.32. The lowest BCUT2D eigenvalue weighted by atomic mass is 9.78. The molecule has 2 fully saturated rings. The van der Waals surface area contributed by atoms with Gasteiger partial charge >= 0.3 is 11.9 Å². The van der Waals surface area contributed by atoms with Crippen LogP contribution in [-0.2, 0) is 20.9 Å². The lowest BCUT2D eigenvalue weighted by Gasteiger charge is -2.36. The first-order valence-corrected chi connectivity index (χ1v) is 20.2. The average Bonchev–Trinajstić information content (AvgIpc) is 3.83. The maximum atomic E-state index is 13.6. The lowest BCUT2D eigenvalue weighted by molar-refractivity contribution is -0.149. The second-order valence-corrected chi connectivity index (χ2v) is 18.4. The van der Waals surface area contributed by atoms with Crippen molar-refractivity contribution in [2.75, 3.05) is 11.4 Å². The predicted octanol–water partition coefficient (Wildman–Crippen LogP) is 6.75. The van der Waals surface area contributed by atoms with Crippen molar-refractivity contribution in [1.82, 2.24) is 9.47 Å². The number of thiocarbonyl (C=S) groups is 1. The van der Waals surface area contributed by atoms with Gasteiger partial charge in [-0.2, -0.15) is 0 Å². The Hall–Kier alpha value is -3.39. The fourth-order valence-corrected chi connectivity index (χ4v) is 11.6. The van der Waals surface area contributed by atoms with Crippen molar-refractivity contribution in [2.24, 2.45) is 5.41 Å². The highest BCUT2D eigenvalue weighted by Gasteiger charge is 2.43. The molecular formula is C38H43N3O6S4. The number of thiazole rings is 1. The Morgan fingerprint density at radius 1 is 1.04 bits per heavy atom. The number of fused-ring (bicyclic) bond motifs is 3. The topological polar surface area (TPSA) is 120 Å². The number of carbonyl (C=O) groups is 3. The molecule has 2 aliphatic heterocycles. The second kappa shape index (κ2) is 14.6. The SMILES string of the molecule is CCN1C(=O)/C(=c2\s/c(=C\c3ccc4c(c3)C3CCCC3N4c3ccc(SC(C)(CC)CC(C)(CC)C(=O)O)cc3)c(=O)n2CC(=O)O)SC1=S. The van der Waals surface area contributed by atoms with Crippen LogP contribution >= 0.6 is 47.1 Å². The first kappa shape index (κ1) is 37.4. The highest BCUT2D eigenvalue weighted by atomic mass is 32.2. The van der Waals surface area contributed by atoms with Crippen molar-refractivity contribution < 1.29 is 24.6 Å². The third kappa shape index (κ3) is 7.06. The van der Waals surface area contributed by atoms with E-state index < -0.39 is 29.5 Å². The number of carbonyl (C=O) groups excluding carboxylic acids is 1. The summed E-state index contributed by atoms with van der Waals surface area (Å²) in [6.45, 7) is 9.74. The number of hydrogen-bond donors (Lipinski definition) is 2. The van der Waals surface area contributed by atoms with Crippen LogP contribution in [0.15, 0.2) is 52.2 Å². The van der Waals surface area contributed by atoms with Gasteiger partial charge in [-0.3, -0.25) is 28.6 Å². The Morgan fingerprint density at radius 2 is 1.76 bits per heavy atom. The molecule has 1 saturated carbocycles. The minimum atomic E-state index is -1.16. The number of carboxylic acid groups (broad SMARTS) is 2. The number of aliphatic carboxylic acids is 2. The number of rotatable bonds is 12. The highest BCUT2D eigenvalue weighted by Crippen LogP contribution is 2.53. The summed E-state index contributed by atoms with van der Waals surface area (Å²) in [5, 5.41) is 19.5. The van der Waals surface area contributed by atoms with Crippen molar-refractivity contribution in [3.05, 3.63) is 73.1 Å². The van der Waals surface area contributed by atoms with Crippen molar-refractivity contribution >= 4 is 91.6 Å². The maximum absolute atomic E-state index is 13.6. The molecule has 3 aliphatic rings. The minimum absolute atomic E-state index is 0.221. The smallest absolute Gasteiger partial charge is 0.323 e. The number of hydrogen-bond acceptors (Lipinski definition) is 9. The highest BCUT2D eigenvalue weighted by molar-refractivity contribution is 8.30. The molecule has 51 heavy (non-hydrogen) atoms. The quantitative estimate of drug-likeness (QED) is 0.151. The largest absolute Gasteiger partial charge is 0.481 e. The fraction of sp³-hybridized carbons (Fsp3) is 0.447. The van der Waals surface area contributed by atoms with Gasteiger partial charge in [0.05, 0.1) is 9.95 Å². The normalized spacial score (nSPS) is 22.3. The zero-order chi connectivity index (χ0) is 36.8. The molecule has 0 bridgehead atoms. The van der Waals surface area contributed by atoms with E-state index in [1.807, 2.05) is 26.8 Å². The van der Waals surface area contributed by atoms with E-state index >= 15 is 0 Å². The standard InChI is InChI=1S/C38H43N3O6S4/c1-6-37(4,35(46)47)21-38(5,7-2)51-24-15-13-23(14-16-24)41-27-11-9-10-25(27)26-18-22(12-17-28(26)41)19-29-32(44)40(20-30(42)43)34(49-29)31-33(45)39(8-3)36(48)50-31/h12-19,25,27H,6-11,20-21H2,1-5H3,(H,42,43)(H,46,47)/b29-19-,34-31+.